The highest BCUT2D eigenvalue weighted by Gasteiger charge is 2.43. The molecule has 0 radical (unpaired) electrons. The summed E-state index contributed by atoms with van der Waals surface area (Å²) < 4.78 is 0. The number of amides is 2. The summed E-state index contributed by atoms with van der Waals surface area (Å²) >= 11 is 0. The van der Waals surface area contributed by atoms with Crippen molar-refractivity contribution >= 4 is 17.5 Å². The van der Waals surface area contributed by atoms with E-state index in [9.17, 15) is 14.7 Å². The van der Waals surface area contributed by atoms with Gasteiger partial charge in [-0.1, -0.05) is 6.07 Å². The van der Waals surface area contributed by atoms with E-state index in [1.807, 2.05) is 0 Å². The average molecular weight is 246 g/mol. The van der Waals surface area contributed by atoms with Crippen LogP contribution in [0.1, 0.15) is 28.8 Å². The van der Waals surface area contributed by atoms with Crippen molar-refractivity contribution in [3.8, 4) is 0 Å². The van der Waals surface area contributed by atoms with E-state index in [-0.39, 0.29) is 18.4 Å². The summed E-state index contributed by atoms with van der Waals surface area (Å²) in [6.45, 7) is -0.0274. The fourth-order valence-corrected chi connectivity index (χ4v) is 2.14. The minimum Gasteiger partial charge on any atom is -0.394 e. The molecule has 0 aromatic heterocycles. The van der Waals surface area contributed by atoms with Crippen molar-refractivity contribution in [2.24, 2.45) is 0 Å². The maximum atomic E-state index is 12.0. The number of carbonyl (C=O) groups excluding carboxylic acids is 2. The first-order valence-electron chi connectivity index (χ1n) is 5.98. The Kier molecular flexibility index (Phi) is 2.38. The van der Waals surface area contributed by atoms with E-state index >= 15 is 0 Å². The molecule has 0 saturated heterocycles. The summed E-state index contributed by atoms with van der Waals surface area (Å²) in [5, 5.41) is 14.7. The minimum atomic E-state index is -0.417. The van der Waals surface area contributed by atoms with E-state index in [1.165, 1.54) is 0 Å². The summed E-state index contributed by atoms with van der Waals surface area (Å²) in [4.78, 5) is 23.2. The smallest absolute Gasteiger partial charge is 0.251 e. The van der Waals surface area contributed by atoms with E-state index in [1.54, 1.807) is 18.2 Å². The first kappa shape index (κ1) is 11.2. The van der Waals surface area contributed by atoms with E-state index in [0.29, 0.717) is 17.7 Å². The van der Waals surface area contributed by atoms with Gasteiger partial charge in [-0.3, -0.25) is 9.59 Å². The lowest BCUT2D eigenvalue weighted by molar-refractivity contribution is -0.115. The molecular weight excluding hydrogens is 232 g/mol. The lowest BCUT2D eigenvalue weighted by Gasteiger charge is -2.14. The number of benzene rings is 1. The van der Waals surface area contributed by atoms with Gasteiger partial charge in [0.1, 0.15) is 0 Å². The van der Waals surface area contributed by atoms with E-state index in [2.05, 4.69) is 10.6 Å². The lowest BCUT2D eigenvalue weighted by atomic mass is 10.1. The van der Waals surface area contributed by atoms with Gasteiger partial charge in [-0.05, 0) is 30.5 Å². The van der Waals surface area contributed by atoms with Crippen molar-refractivity contribution in [2.45, 2.75) is 24.8 Å². The molecule has 2 aliphatic rings. The quantitative estimate of drug-likeness (QED) is 0.724. The highest BCUT2D eigenvalue weighted by molar-refractivity contribution is 6.02. The van der Waals surface area contributed by atoms with Crippen LogP contribution in [0.2, 0.25) is 0 Å². The van der Waals surface area contributed by atoms with Crippen LogP contribution in [0.15, 0.2) is 18.2 Å². The molecule has 5 heteroatoms. The van der Waals surface area contributed by atoms with Crippen LogP contribution >= 0.6 is 0 Å². The summed E-state index contributed by atoms with van der Waals surface area (Å²) in [5.74, 6) is -0.248. The zero-order valence-corrected chi connectivity index (χ0v) is 9.82. The molecule has 0 unspecified atom stereocenters. The SMILES string of the molecule is O=C1Cc2ccc(C(=O)NC3(CO)CC3)cc2N1. The number of fused-ring (bicyclic) bond motifs is 1. The second kappa shape index (κ2) is 3.81. The average Bonchev–Trinajstić information content (AvgIpc) is 3.01. The number of carbonyl (C=O) groups is 2. The van der Waals surface area contributed by atoms with Gasteiger partial charge in [0.05, 0.1) is 18.6 Å². The van der Waals surface area contributed by atoms with Crippen molar-refractivity contribution in [2.75, 3.05) is 11.9 Å². The Balaban J connectivity index is 1.79. The molecular formula is C13H14N2O3. The number of aliphatic hydroxyl groups excluding tert-OH is 1. The molecule has 94 valence electrons. The standard InChI is InChI=1S/C13H14N2O3/c16-7-13(3-4-13)15-12(18)9-2-1-8-6-11(17)14-10(8)5-9/h1-2,5,16H,3-4,6-7H2,(H,14,17)(H,15,18). The van der Waals surface area contributed by atoms with Gasteiger partial charge in [0.2, 0.25) is 5.91 Å². The first-order chi connectivity index (χ1) is 8.62. The molecule has 1 heterocycles. The van der Waals surface area contributed by atoms with Crippen LogP contribution < -0.4 is 10.6 Å². The zero-order chi connectivity index (χ0) is 12.8. The highest BCUT2D eigenvalue weighted by Crippen LogP contribution is 2.35. The molecule has 3 N–H and O–H groups in total. The van der Waals surface area contributed by atoms with Gasteiger partial charge in [0.25, 0.3) is 5.91 Å². The number of hydrogen-bond acceptors (Lipinski definition) is 3. The van der Waals surface area contributed by atoms with Gasteiger partial charge >= 0.3 is 0 Å². The van der Waals surface area contributed by atoms with Crippen LogP contribution in [0.25, 0.3) is 0 Å². The largest absolute Gasteiger partial charge is 0.394 e. The number of hydrogen-bond donors (Lipinski definition) is 3. The topological polar surface area (TPSA) is 78.4 Å². The van der Waals surface area contributed by atoms with Crippen LogP contribution in [-0.2, 0) is 11.2 Å². The molecule has 5 nitrogen and oxygen atoms in total. The number of nitrogens with one attached hydrogen (secondary N) is 2. The van der Waals surface area contributed by atoms with Crippen molar-refractivity contribution in [3.63, 3.8) is 0 Å². The molecule has 1 aromatic carbocycles. The van der Waals surface area contributed by atoms with Crippen LogP contribution in [0.5, 0.6) is 0 Å². The fraction of sp³-hybridized carbons (Fsp3) is 0.385. The molecule has 1 fully saturated rings. The predicted octanol–water partition coefficient (Wildman–Crippen LogP) is 0.436. The van der Waals surface area contributed by atoms with E-state index in [4.69, 9.17) is 0 Å². The molecule has 2 amide bonds. The maximum absolute atomic E-state index is 12.0. The van der Waals surface area contributed by atoms with E-state index in [0.717, 1.165) is 18.4 Å². The monoisotopic (exact) mass is 246 g/mol. The third-order valence-electron chi connectivity index (χ3n) is 3.53. The number of aliphatic hydroxyl groups is 1. The van der Waals surface area contributed by atoms with Crippen molar-refractivity contribution < 1.29 is 14.7 Å². The van der Waals surface area contributed by atoms with Gasteiger partial charge in [-0.25, -0.2) is 0 Å². The van der Waals surface area contributed by atoms with Gasteiger partial charge < -0.3 is 15.7 Å². The normalized spacial score (nSPS) is 19.1. The van der Waals surface area contributed by atoms with Gasteiger partial charge in [0, 0.05) is 11.3 Å². The maximum Gasteiger partial charge on any atom is 0.251 e. The lowest BCUT2D eigenvalue weighted by Crippen LogP contribution is -2.39. The highest BCUT2D eigenvalue weighted by atomic mass is 16.3. The Labute approximate surface area is 104 Å². The summed E-state index contributed by atoms with van der Waals surface area (Å²) in [5.41, 5.74) is 1.72. The van der Waals surface area contributed by atoms with Crippen LogP contribution in [0.3, 0.4) is 0 Å². The van der Waals surface area contributed by atoms with Crippen molar-refractivity contribution in [1.82, 2.24) is 5.32 Å². The van der Waals surface area contributed by atoms with Gasteiger partial charge in [0.15, 0.2) is 0 Å². The zero-order valence-electron chi connectivity index (χ0n) is 9.82. The molecule has 1 aliphatic carbocycles. The first-order valence-corrected chi connectivity index (χ1v) is 5.98. The summed E-state index contributed by atoms with van der Waals surface area (Å²) in [7, 11) is 0. The Bertz CT molecular complexity index is 535. The predicted molar refractivity (Wildman–Crippen MR) is 65.3 cm³/mol. The van der Waals surface area contributed by atoms with E-state index < -0.39 is 5.54 Å². The Morgan fingerprint density at radius 1 is 1.44 bits per heavy atom. The van der Waals surface area contributed by atoms with Gasteiger partial charge in [-0.2, -0.15) is 0 Å². The molecule has 3 rings (SSSR count). The second-order valence-corrected chi connectivity index (χ2v) is 4.99. The second-order valence-electron chi connectivity index (χ2n) is 4.99. The fourth-order valence-electron chi connectivity index (χ4n) is 2.14. The summed E-state index contributed by atoms with van der Waals surface area (Å²) in [6, 6.07) is 5.19. The van der Waals surface area contributed by atoms with Crippen LogP contribution in [0, 0.1) is 0 Å². The number of rotatable bonds is 3. The third-order valence-corrected chi connectivity index (χ3v) is 3.53. The molecule has 0 atom stereocenters. The minimum absolute atomic E-state index is 0.0274. The van der Waals surface area contributed by atoms with Crippen LogP contribution in [-0.4, -0.2) is 29.1 Å². The Morgan fingerprint density at radius 3 is 2.89 bits per heavy atom. The Hall–Kier alpha value is -1.88. The van der Waals surface area contributed by atoms with Crippen LogP contribution in [0.4, 0.5) is 5.69 Å². The molecule has 0 spiro atoms. The number of anilines is 1. The summed E-state index contributed by atoms with van der Waals surface area (Å²) in [6.07, 6.45) is 2.01. The van der Waals surface area contributed by atoms with Crippen molar-refractivity contribution in [3.05, 3.63) is 29.3 Å². The van der Waals surface area contributed by atoms with Gasteiger partial charge in [-0.15, -0.1) is 0 Å². The molecule has 1 aliphatic heterocycles. The Morgan fingerprint density at radius 2 is 2.22 bits per heavy atom. The molecule has 1 aromatic rings. The molecule has 0 bridgehead atoms. The van der Waals surface area contributed by atoms with Crippen molar-refractivity contribution in [1.29, 1.82) is 0 Å². The third kappa shape index (κ3) is 1.86. The molecule has 1 saturated carbocycles. The molecule has 18 heavy (non-hydrogen) atoms.